The van der Waals surface area contributed by atoms with Crippen LogP contribution in [0.2, 0.25) is 5.02 Å². The molecular formula is C31H25ClFN3O4. The molecule has 1 aliphatic heterocycles. The van der Waals surface area contributed by atoms with Crippen LogP contribution >= 0.6 is 11.6 Å². The van der Waals surface area contributed by atoms with Crippen LogP contribution in [0.5, 0.6) is 0 Å². The number of anilines is 1. The highest BCUT2D eigenvalue weighted by Crippen LogP contribution is 2.34. The van der Waals surface area contributed by atoms with Gasteiger partial charge in [-0.15, -0.1) is 0 Å². The first-order chi connectivity index (χ1) is 19.4. The van der Waals surface area contributed by atoms with E-state index in [1.165, 1.54) is 17.0 Å². The molecule has 202 valence electrons. The summed E-state index contributed by atoms with van der Waals surface area (Å²) < 4.78 is 19.1. The lowest BCUT2D eigenvalue weighted by Gasteiger charge is -2.24. The van der Waals surface area contributed by atoms with Gasteiger partial charge in [0.15, 0.2) is 12.1 Å². The summed E-state index contributed by atoms with van der Waals surface area (Å²) in [6.07, 6.45) is -1.56. The van der Waals surface area contributed by atoms with Gasteiger partial charge in [0.2, 0.25) is 5.91 Å². The highest BCUT2D eigenvalue weighted by atomic mass is 35.5. The van der Waals surface area contributed by atoms with Crippen LogP contribution in [0, 0.1) is 5.82 Å². The Kier molecular flexibility index (Phi) is 8.07. The fourth-order valence-electron chi connectivity index (χ4n) is 4.48. The summed E-state index contributed by atoms with van der Waals surface area (Å²) in [6.45, 7) is 0.336. The number of halogens is 2. The number of hydrogen-bond acceptors (Lipinski definition) is 4. The van der Waals surface area contributed by atoms with Gasteiger partial charge in [-0.25, -0.2) is 9.18 Å². The standard InChI is InChI=1S/C31H25ClFN3O4/c32-24-8-4-7-23(17-24)29(37)35-26-15-11-22(12-16-26)28-27(30(38)34-18-20-5-2-1-3-6-20)36(31(39)40-28)19-21-9-13-25(33)14-10-21/h1-17,27-28H,18-19H2,(H,34,38)(H,35,37)/t27-,28-/m0/s1. The normalized spacial score (nSPS) is 16.4. The third kappa shape index (κ3) is 6.30. The maximum absolute atomic E-state index is 13.5. The lowest BCUT2D eigenvalue weighted by atomic mass is 10.00. The zero-order valence-corrected chi connectivity index (χ0v) is 22.0. The molecule has 1 heterocycles. The molecule has 7 nitrogen and oxygen atoms in total. The monoisotopic (exact) mass is 557 g/mol. The van der Waals surface area contributed by atoms with Crippen LogP contribution in [0.1, 0.15) is 33.2 Å². The predicted molar refractivity (Wildman–Crippen MR) is 149 cm³/mol. The average Bonchev–Trinajstić information content (AvgIpc) is 3.29. The van der Waals surface area contributed by atoms with Crippen molar-refractivity contribution in [2.24, 2.45) is 0 Å². The van der Waals surface area contributed by atoms with Crippen molar-refractivity contribution in [2.75, 3.05) is 5.32 Å². The minimum atomic E-state index is -0.979. The number of nitrogens with zero attached hydrogens (tertiary/aromatic N) is 1. The van der Waals surface area contributed by atoms with Gasteiger partial charge in [0.25, 0.3) is 5.91 Å². The molecule has 1 fully saturated rings. The van der Waals surface area contributed by atoms with Crippen molar-refractivity contribution in [1.29, 1.82) is 0 Å². The Bertz CT molecular complexity index is 1510. The lowest BCUT2D eigenvalue weighted by Crippen LogP contribution is -2.46. The number of cyclic esters (lactones) is 1. The van der Waals surface area contributed by atoms with Crippen molar-refractivity contribution < 1.29 is 23.5 Å². The van der Waals surface area contributed by atoms with Gasteiger partial charge in [0, 0.05) is 22.8 Å². The first-order valence-corrected chi connectivity index (χ1v) is 13.0. The Balaban J connectivity index is 1.36. The fraction of sp³-hybridized carbons (Fsp3) is 0.129. The Morgan fingerprint density at radius 3 is 2.30 bits per heavy atom. The van der Waals surface area contributed by atoms with Crippen molar-refractivity contribution in [3.8, 4) is 0 Å². The minimum Gasteiger partial charge on any atom is -0.438 e. The molecule has 2 N–H and O–H groups in total. The molecule has 1 saturated heterocycles. The Labute approximate surface area is 235 Å². The molecule has 5 rings (SSSR count). The van der Waals surface area contributed by atoms with E-state index in [2.05, 4.69) is 10.6 Å². The van der Waals surface area contributed by atoms with E-state index in [0.717, 1.165) is 5.56 Å². The minimum absolute atomic E-state index is 0.0623. The number of nitrogens with one attached hydrogen (secondary N) is 2. The summed E-state index contributed by atoms with van der Waals surface area (Å²) in [7, 11) is 0. The van der Waals surface area contributed by atoms with Crippen LogP contribution in [0.4, 0.5) is 14.9 Å². The summed E-state index contributed by atoms with van der Waals surface area (Å²) >= 11 is 5.99. The highest BCUT2D eigenvalue weighted by molar-refractivity contribution is 6.31. The molecular weight excluding hydrogens is 533 g/mol. The van der Waals surface area contributed by atoms with E-state index in [9.17, 15) is 18.8 Å². The summed E-state index contributed by atoms with van der Waals surface area (Å²) in [4.78, 5) is 40.4. The number of carbonyl (C=O) groups excluding carboxylic acids is 3. The van der Waals surface area contributed by atoms with Crippen LogP contribution in [0.3, 0.4) is 0 Å². The van der Waals surface area contributed by atoms with Gasteiger partial charge in [-0.3, -0.25) is 14.5 Å². The number of amides is 3. The van der Waals surface area contributed by atoms with Gasteiger partial charge in [0.05, 0.1) is 6.54 Å². The largest absolute Gasteiger partial charge is 0.438 e. The van der Waals surface area contributed by atoms with E-state index in [4.69, 9.17) is 16.3 Å². The van der Waals surface area contributed by atoms with Crippen molar-refractivity contribution in [1.82, 2.24) is 10.2 Å². The van der Waals surface area contributed by atoms with E-state index in [0.29, 0.717) is 27.4 Å². The molecule has 3 amide bonds. The van der Waals surface area contributed by atoms with E-state index in [1.807, 2.05) is 30.3 Å². The lowest BCUT2D eigenvalue weighted by molar-refractivity contribution is -0.126. The van der Waals surface area contributed by atoms with Gasteiger partial charge < -0.3 is 15.4 Å². The number of benzene rings is 4. The summed E-state index contributed by atoms with van der Waals surface area (Å²) in [6, 6.07) is 27.5. The number of rotatable bonds is 8. The zero-order valence-electron chi connectivity index (χ0n) is 21.2. The third-order valence-electron chi connectivity index (χ3n) is 6.51. The zero-order chi connectivity index (χ0) is 28.1. The average molecular weight is 558 g/mol. The summed E-state index contributed by atoms with van der Waals surface area (Å²) in [5.41, 5.74) is 3.07. The second-order valence-electron chi connectivity index (χ2n) is 9.29. The fourth-order valence-corrected chi connectivity index (χ4v) is 4.67. The van der Waals surface area contributed by atoms with E-state index in [-0.39, 0.29) is 24.9 Å². The van der Waals surface area contributed by atoms with Crippen molar-refractivity contribution in [3.05, 3.63) is 136 Å². The highest BCUT2D eigenvalue weighted by Gasteiger charge is 2.46. The van der Waals surface area contributed by atoms with Crippen LogP contribution < -0.4 is 10.6 Å². The van der Waals surface area contributed by atoms with Crippen LogP contribution in [0.25, 0.3) is 0 Å². The Morgan fingerprint density at radius 1 is 0.875 bits per heavy atom. The number of hydrogen-bond donors (Lipinski definition) is 2. The molecule has 9 heteroatoms. The molecule has 0 aliphatic carbocycles. The first-order valence-electron chi connectivity index (χ1n) is 12.6. The molecule has 0 radical (unpaired) electrons. The second kappa shape index (κ2) is 12.0. The number of ether oxygens (including phenoxy) is 1. The van der Waals surface area contributed by atoms with Gasteiger partial charge >= 0.3 is 6.09 Å². The van der Waals surface area contributed by atoms with E-state index >= 15 is 0 Å². The SMILES string of the molecule is O=C(Nc1ccc([C@@H]2OC(=O)N(Cc3ccc(F)cc3)[C@@H]2C(=O)NCc2ccccc2)cc1)c1cccc(Cl)c1. The molecule has 0 bridgehead atoms. The topological polar surface area (TPSA) is 87.7 Å². The maximum Gasteiger partial charge on any atom is 0.411 e. The maximum atomic E-state index is 13.5. The molecule has 2 atom stereocenters. The predicted octanol–water partition coefficient (Wildman–Crippen LogP) is 6.11. The van der Waals surface area contributed by atoms with Crippen LogP contribution in [0.15, 0.2) is 103 Å². The molecule has 0 saturated carbocycles. The molecule has 1 aliphatic rings. The molecule has 0 aromatic heterocycles. The van der Waals surface area contributed by atoms with Crippen molar-refractivity contribution >= 4 is 35.2 Å². The van der Waals surface area contributed by atoms with E-state index in [1.54, 1.807) is 60.7 Å². The molecule has 0 unspecified atom stereocenters. The Morgan fingerprint density at radius 2 is 1.60 bits per heavy atom. The van der Waals surface area contributed by atoms with Crippen molar-refractivity contribution in [2.45, 2.75) is 25.2 Å². The van der Waals surface area contributed by atoms with Crippen LogP contribution in [-0.4, -0.2) is 28.8 Å². The first kappa shape index (κ1) is 26.9. The Hall–Kier alpha value is -4.69. The van der Waals surface area contributed by atoms with Gasteiger partial charge in [-0.05, 0) is 59.2 Å². The van der Waals surface area contributed by atoms with Gasteiger partial charge in [-0.1, -0.05) is 72.3 Å². The molecule has 0 spiro atoms. The van der Waals surface area contributed by atoms with E-state index < -0.39 is 24.1 Å². The quantitative estimate of drug-likeness (QED) is 0.274. The second-order valence-corrected chi connectivity index (χ2v) is 9.73. The molecule has 4 aromatic rings. The van der Waals surface area contributed by atoms with Crippen molar-refractivity contribution in [3.63, 3.8) is 0 Å². The molecule has 40 heavy (non-hydrogen) atoms. The van der Waals surface area contributed by atoms with Crippen LogP contribution in [-0.2, 0) is 22.6 Å². The number of carbonyl (C=O) groups is 3. The third-order valence-corrected chi connectivity index (χ3v) is 6.75. The molecule has 4 aromatic carbocycles. The summed E-state index contributed by atoms with van der Waals surface area (Å²) in [5, 5.41) is 6.16. The van der Waals surface area contributed by atoms with Gasteiger partial charge in [0.1, 0.15) is 5.82 Å². The van der Waals surface area contributed by atoms with Gasteiger partial charge in [-0.2, -0.15) is 0 Å². The smallest absolute Gasteiger partial charge is 0.411 e. The summed E-state index contributed by atoms with van der Waals surface area (Å²) in [5.74, 6) is -1.11.